The number of carbonyl (C=O) groups is 1. The number of rotatable bonds is 8. The maximum Gasteiger partial charge on any atom is 0.238 e. The van der Waals surface area contributed by atoms with Crippen molar-refractivity contribution in [1.82, 2.24) is 16.2 Å². The number of methoxy groups -OCH3 is 1. The van der Waals surface area contributed by atoms with Gasteiger partial charge in [-0.3, -0.25) is 15.6 Å². The van der Waals surface area contributed by atoms with Crippen LogP contribution >= 0.6 is 28.1 Å². The highest BCUT2D eigenvalue weighted by Gasteiger charge is 2.05. The summed E-state index contributed by atoms with van der Waals surface area (Å²) in [6, 6.07) is 7.64. The molecule has 6 nitrogen and oxygen atoms in total. The molecule has 0 radical (unpaired) electrons. The lowest BCUT2D eigenvalue weighted by Gasteiger charge is -2.16. The first-order valence-corrected chi connectivity index (χ1v) is 8.44. The van der Waals surface area contributed by atoms with Crippen LogP contribution in [0.2, 0.25) is 0 Å². The first-order valence-electron chi connectivity index (χ1n) is 7.24. The van der Waals surface area contributed by atoms with Crippen LogP contribution in [0, 0.1) is 0 Å². The molecule has 1 aromatic rings. The van der Waals surface area contributed by atoms with Gasteiger partial charge in [-0.1, -0.05) is 22.0 Å². The number of carbonyl (C=O) groups excluding carboxylic acids is 1. The molecule has 0 saturated heterocycles. The molecule has 128 valence electrons. The third kappa shape index (κ3) is 9.37. The third-order valence-electron chi connectivity index (χ3n) is 2.72. The van der Waals surface area contributed by atoms with Gasteiger partial charge in [0.25, 0.3) is 0 Å². The summed E-state index contributed by atoms with van der Waals surface area (Å²) in [6.45, 7) is 2.93. The monoisotopic (exact) mass is 403 g/mol. The van der Waals surface area contributed by atoms with E-state index in [-0.39, 0.29) is 11.9 Å². The minimum absolute atomic E-state index is 0.0653. The summed E-state index contributed by atoms with van der Waals surface area (Å²) in [4.78, 5) is 11.7. The number of hydrogen-bond acceptors (Lipinski definition) is 4. The second kappa shape index (κ2) is 11.2. The van der Waals surface area contributed by atoms with Gasteiger partial charge in [0, 0.05) is 24.0 Å². The Kier molecular flexibility index (Phi) is 9.58. The van der Waals surface area contributed by atoms with Gasteiger partial charge in [0.2, 0.25) is 5.91 Å². The fraction of sp³-hybridized carbons (Fsp3) is 0.467. The lowest BCUT2D eigenvalue weighted by Crippen LogP contribution is -2.49. The summed E-state index contributed by atoms with van der Waals surface area (Å²) in [5.41, 5.74) is 5.20. The van der Waals surface area contributed by atoms with E-state index in [9.17, 15) is 4.79 Å². The molecule has 8 heteroatoms. The average Bonchev–Trinajstić information content (AvgIpc) is 2.50. The van der Waals surface area contributed by atoms with Crippen LogP contribution in [0.15, 0.2) is 28.7 Å². The van der Waals surface area contributed by atoms with Crippen LogP contribution in [0.3, 0.4) is 0 Å². The second-order valence-corrected chi connectivity index (χ2v) is 6.24. The highest BCUT2D eigenvalue weighted by atomic mass is 79.9. The fourth-order valence-corrected chi connectivity index (χ4v) is 2.35. The molecule has 23 heavy (non-hydrogen) atoms. The van der Waals surface area contributed by atoms with Crippen molar-refractivity contribution < 1.29 is 14.3 Å². The van der Waals surface area contributed by atoms with Gasteiger partial charge in [0.05, 0.1) is 13.2 Å². The maximum atomic E-state index is 11.7. The van der Waals surface area contributed by atoms with Crippen LogP contribution in [-0.4, -0.2) is 37.4 Å². The van der Waals surface area contributed by atoms with Gasteiger partial charge in [-0.2, -0.15) is 0 Å². The zero-order chi connectivity index (χ0) is 17.1. The number of nitrogens with one attached hydrogen (secondary N) is 3. The topological polar surface area (TPSA) is 71.6 Å². The summed E-state index contributed by atoms with van der Waals surface area (Å²) in [5.74, 6) is 0.627. The van der Waals surface area contributed by atoms with Crippen molar-refractivity contribution in [2.45, 2.75) is 25.8 Å². The van der Waals surface area contributed by atoms with Gasteiger partial charge in [-0.05, 0) is 43.8 Å². The van der Waals surface area contributed by atoms with E-state index in [1.165, 1.54) is 0 Å². The highest BCUT2D eigenvalue weighted by molar-refractivity contribution is 9.10. The standard InChI is InChI=1S/C15H22BrN3O3S/c1-11(10-21-2)17-15(23)19-18-14(20)7-4-8-22-13-6-3-5-12(16)9-13/h3,5-6,9,11H,4,7-8,10H2,1-2H3,(H,18,20)(H2,17,19,23)/t11-/m0/s1. The number of thiocarbonyl (C=S) groups is 1. The number of benzene rings is 1. The molecule has 0 aliphatic heterocycles. The van der Waals surface area contributed by atoms with Crippen LogP contribution in [0.25, 0.3) is 0 Å². The molecular formula is C15H22BrN3O3S. The second-order valence-electron chi connectivity index (χ2n) is 4.91. The first-order chi connectivity index (χ1) is 11.0. The van der Waals surface area contributed by atoms with E-state index >= 15 is 0 Å². The average molecular weight is 404 g/mol. The van der Waals surface area contributed by atoms with Gasteiger partial charge in [0.1, 0.15) is 5.75 Å². The van der Waals surface area contributed by atoms with Gasteiger partial charge >= 0.3 is 0 Å². The molecule has 0 heterocycles. The van der Waals surface area contributed by atoms with Crippen LogP contribution < -0.4 is 20.9 Å². The normalized spacial score (nSPS) is 11.4. The Labute approximate surface area is 150 Å². The summed E-state index contributed by atoms with van der Waals surface area (Å²) >= 11 is 8.43. The molecule has 1 amide bonds. The Morgan fingerprint density at radius 2 is 2.17 bits per heavy atom. The summed E-state index contributed by atoms with van der Waals surface area (Å²) in [6.07, 6.45) is 0.956. The molecule has 3 N–H and O–H groups in total. The van der Waals surface area contributed by atoms with Gasteiger partial charge in [0.15, 0.2) is 5.11 Å². The number of ether oxygens (including phenoxy) is 2. The van der Waals surface area contributed by atoms with Crippen molar-refractivity contribution in [1.29, 1.82) is 0 Å². The van der Waals surface area contributed by atoms with Gasteiger partial charge in [-0.25, -0.2) is 0 Å². The Morgan fingerprint density at radius 3 is 2.87 bits per heavy atom. The largest absolute Gasteiger partial charge is 0.494 e. The predicted octanol–water partition coefficient (Wildman–Crippen LogP) is 2.14. The van der Waals surface area contributed by atoms with Crippen molar-refractivity contribution in [2.75, 3.05) is 20.3 Å². The molecule has 1 atom stereocenters. The van der Waals surface area contributed by atoms with Crippen LogP contribution in [-0.2, 0) is 9.53 Å². The van der Waals surface area contributed by atoms with Crippen molar-refractivity contribution >= 4 is 39.2 Å². The minimum atomic E-state index is -0.147. The summed E-state index contributed by atoms with van der Waals surface area (Å²) in [7, 11) is 1.62. The van der Waals surface area contributed by atoms with E-state index in [2.05, 4.69) is 32.1 Å². The zero-order valence-electron chi connectivity index (χ0n) is 13.2. The van der Waals surface area contributed by atoms with E-state index in [0.717, 1.165) is 10.2 Å². The number of hydrogen-bond donors (Lipinski definition) is 3. The summed E-state index contributed by atoms with van der Waals surface area (Å²) < 4.78 is 11.5. The molecule has 0 aromatic heterocycles. The molecule has 0 saturated carbocycles. The van der Waals surface area contributed by atoms with Gasteiger partial charge in [-0.15, -0.1) is 0 Å². The fourth-order valence-electron chi connectivity index (χ4n) is 1.72. The molecule has 1 rings (SSSR count). The lowest BCUT2D eigenvalue weighted by atomic mass is 10.3. The van der Waals surface area contributed by atoms with E-state index in [1.807, 2.05) is 31.2 Å². The van der Waals surface area contributed by atoms with Gasteiger partial charge < -0.3 is 14.8 Å². The molecule has 0 aliphatic rings. The molecule has 1 aromatic carbocycles. The van der Waals surface area contributed by atoms with Crippen molar-refractivity contribution in [2.24, 2.45) is 0 Å². The molecule has 0 fully saturated rings. The Morgan fingerprint density at radius 1 is 1.39 bits per heavy atom. The van der Waals surface area contributed by atoms with Crippen LogP contribution in [0.5, 0.6) is 5.75 Å². The number of amides is 1. The Balaban J connectivity index is 2.11. The Bertz CT molecular complexity index is 516. The van der Waals surface area contributed by atoms with Crippen LogP contribution in [0.1, 0.15) is 19.8 Å². The van der Waals surface area contributed by atoms with Crippen molar-refractivity contribution in [3.63, 3.8) is 0 Å². The van der Waals surface area contributed by atoms with Crippen molar-refractivity contribution in [3.05, 3.63) is 28.7 Å². The van der Waals surface area contributed by atoms with E-state index in [1.54, 1.807) is 7.11 Å². The molecular weight excluding hydrogens is 382 g/mol. The first kappa shape index (κ1) is 19.7. The molecule has 0 bridgehead atoms. The van der Waals surface area contributed by atoms with E-state index < -0.39 is 0 Å². The minimum Gasteiger partial charge on any atom is -0.494 e. The number of halogens is 1. The smallest absolute Gasteiger partial charge is 0.238 e. The third-order valence-corrected chi connectivity index (χ3v) is 3.44. The molecule has 0 spiro atoms. The highest BCUT2D eigenvalue weighted by Crippen LogP contribution is 2.17. The lowest BCUT2D eigenvalue weighted by molar-refractivity contribution is -0.121. The summed E-state index contributed by atoms with van der Waals surface area (Å²) in [5, 5.41) is 3.34. The quantitative estimate of drug-likeness (QED) is 0.350. The predicted molar refractivity (Wildman–Crippen MR) is 97.2 cm³/mol. The zero-order valence-corrected chi connectivity index (χ0v) is 15.6. The van der Waals surface area contributed by atoms with E-state index in [4.69, 9.17) is 21.7 Å². The Hall–Kier alpha value is -1.38. The van der Waals surface area contributed by atoms with Crippen molar-refractivity contribution in [3.8, 4) is 5.75 Å². The van der Waals surface area contributed by atoms with E-state index in [0.29, 0.717) is 31.2 Å². The van der Waals surface area contributed by atoms with Crippen LogP contribution in [0.4, 0.5) is 0 Å². The molecule has 0 aliphatic carbocycles. The SMILES string of the molecule is COC[C@H](C)NC(=S)NNC(=O)CCCOc1cccc(Br)c1. The number of hydrazine groups is 1. The maximum absolute atomic E-state index is 11.7. The molecule has 0 unspecified atom stereocenters.